The van der Waals surface area contributed by atoms with Gasteiger partial charge in [-0.3, -0.25) is 0 Å². The Kier molecular flexibility index (Phi) is 3.57. The molecular formula is C14H20O. The smallest absolute Gasteiger partial charge is 0.123 e. The van der Waals surface area contributed by atoms with E-state index in [9.17, 15) is 0 Å². The largest absolute Gasteiger partial charge is 0.489 e. The number of benzene rings is 1. The van der Waals surface area contributed by atoms with E-state index in [0.717, 1.165) is 11.3 Å². The first-order chi connectivity index (χ1) is 6.91. The van der Waals surface area contributed by atoms with Gasteiger partial charge in [-0.05, 0) is 29.5 Å². The molecule has 82 valence electrons. The Labute approximate surface area is 92.8 Å². The SMILES string of the molecule is C=C(C)COc1ccccc1C(C)(C)C. The summed E-state index contributed by atoms with van der Waals surface area (Å²) in [5.41, 5.74) is 2.40. The third-order valence-electron chi connectivity index (χ3n) is 2.17. The number of hydrogen-bond acceptors (Lipinski definition) is 1. The van der Waals surface area contributed by atoms with Crippen molar-refractivity contribution in [2.75, 3.05) is 6.61 Å². The Morgan fingerprint density at radius 2 is 1.87 bits per heavy atom. The summed E-state index contributed by atoms with van der Waals surface area (Å²) in [5, 5.41) is 0. The first-order valence-electron chi connectivity index (χ1n) is 5.28. The maximum absolute atomic E-state index is 5.73. The summed E-state index contributed by atoms with van der Waals surface area (Å²) in [7, 11) is 0. The number of para-hydroxylation sites is 1. The third-order valence-corrected chi connectivity index (χ3v) is 2.17. The molecule has 0 fully saturated rings. The first kappa shape index (κ1) is 11.8. The number of rotatable bonds is 3. The normalized spacial score (nSPS) is 11.2. The van der Waals surface area contributed by atoms with Crippen molar-refractivity contribution in [3.05, 3.63) is 42.0 Å². The molecule has 0 aliphatic rings. The topological polar surface area (TPSA) is 9.23 Å². The van der Waals surface area contributed by atoms with Crippen LogP contribution in [0.3, 0.4) is 0 Å². The molecule has 0 aliphatic heterocycles. The highest BCUT2D eigenvalue weighted by Gasteiger charge is 2.18. The van der Waals surface area contributed by atoms with Crippen LogP contribution in [0.2, 0.25) is 0 Å². The van der Waals surface area contributed by atoms with Gasteiger partial charge in [-0.15, -0.1) is 0 Å². The second-order valence-corrected chi connectivity index (χ2v) is 4.99. The molecule has 0 N–H and O–H groups in total. The molecule has 1 nitrogen and oxygen atoms in total. The molecule has 0 heterocycles. The van der Waals surface area contributed by atoms with Crippen molar-refractivity contribution < 1.29 is 4.74 Å². The van der Waals surface area contributed by atoms with Crippen LogP contribution in [0.25, 0.3) is 0 Å². The van der Waals surface area contributed by atoms with Gasteiger partial charge in [0.05, 0.1) is 0 Å². The zero-order valence-electron chi connectivity index (χ0n) is 10.1. The van der Waals surface area contributed by atoms with Crippen LogP contribution in [-0.2, 0) is 5.41 Å². The predicted octanol–water partition coefficient (Wildman–Crippen LogP) is 3.94. The van der Waals surface area contributed by atoms with Crippen LogP contribution in [0.15, 0.2) is 36.4 Å². The Morgan fingerprint density at radius 1 is 1.27 bits per heavy atom. The fourth-order valence-corrected chi connectivity index (χ4v) is 1.41. The monoisotopic (exact) mass is 204 g/mol. The highest BCUT2D eigenvalue weighted by molar-refractivity contribution is 5.38. The van der Waals surface area contributed by atoms with Crippen LogP contribution in [0.5, 0.6) is 5.75 Å². The average Bonchev–Trinajstić information content (AvgIpc) is 2.13. The molecule has 0 unspecified atom stereocenters. The Bertz CT molecular complexity index is 345. The molecule has 0 saturated heterocycles. The number of hydrogen-bond donors (Lipinski definition) is 0. The highest BCUT2D eigenvalue weighted by Crippen LogP contribution is 2.30. The minimum absolute atomic E-state index is 0.117. The van der Waals surface area contributed by atoms with E-state index in [2.05, 4.69) is 33.4 Å². The fraction of sp³-hybridized carbons (Fsp3) is 0.429. The second kappa shape index (κ2) is 4.52. The van der Waals surface area contributed by atoms with Gasteiger partial charge in [0.25, 0.3) is 0 Å². The molecule has 15 heavy (non-hydrogen) atoms. The standard InChI is InChI=1S/C14H20O/c1-11(2)10-15-13-9-7-6-8-12(13)14(3,4)5/h6-9H,1,10H2,2-5H3. The second-order valence-electron chi connectivity index (χ2n) is 4.99. The van der Waals surface area contributed by atoms with E-state index in [1.807, 2.05) is 25.1 Å². The molecule has 0 spiro atoms. The molecule has 0 saturated carbocycles. The zero-order valence-corrected chi connectivity index (χ0v) is 10.1. The van der Waals surface area contributed by atoms with E-state index in [4.69, 9.17) is 4.74 Å². The molecule has 1 aromatic carbocycles. The Morgan fingerprint density at radius 3 is 2.40 bits per heavy atom. The third kappa shape index (κ3) is 3.43. The van der Waals surface area contributed by atoms with Gasteiger partial charge in [-0.25, -0.2) is 0 Å². The lowest BCUT2D eigenvalue weighted by molar-refractivity contribution is 0.341. The molecule has 0 radical (unpaired) electrons. The lowest BCUT2D eigenvalue weighted by Crippen LogP contribution is -2.13. The van der Waals surface area contributed by atoms with E-state index in [1.54, 1.807) is 0 Å². The molecule has 1 rings (SSSR count). The Hall–Kier alpha value is -1.24. The fourth-order valence-electron chi connectivity index (χ4n) is 1.41. The molecule has 0 bridgehead atoms. The van der Waals surface area contributed by atoms with Crippen molar-refractivity contribution in [2.24, 2.45) is 0 Å². The summed E-state index contributed by atoms with van der Waals surface area (Å²) < 4.78 is 5.73. The van der Waals surface area contributed by atoms with Gasteiger partial charge >= 0.3 is 0 Å². The van der Waals surface area contributed by atoms with E-state index in [-0.39, 0.29) is 5.41 Å². The zero-order chi connectivity index (χ0) is 11.5. The van der Waals surface area contributed by atoms with Crippen molar-refractivity contribution in [3.63, 3.8) is 0 Å². The Balaban J connectivity index is 2.92. The van der Waals surface area contributed by atoms with Crippen molar-refractivity contribution in [1.29, 1.82) is 0 Å². The van der Waals surface area contributed by atoms with Gasteiger partial charge in [-0.1, -0.05) is 45.5 Å². The first-order valence-corrected chi connectivity index (χ1v) is 5.28. The molecule has 1 aromatic rings. The van der Waals surface area contributed by atoms with E-state index < -0.39 is 0 Å². The van der Waals surface area contributed by atoms with Crippen LogP contribution in [0.1, 0.15) is 33.3 Å². The molecular weight excluding hydrogens is 184 g/mol. The van der Waals surface area contributed by atoms with Crippen LogP contribution >= 0.6 is 0 Å². The van der Waals surface area contributed by atoms with Crippen LogP contribution in [-0.4, -0.2) is 6.61 Å². The van der Waals surface area contributed by atoms with Crippen molar-refractivity contribution in [1.82, 2.24) is 0 Å². The van der Waals surface area contributed by atoms with E-state index in [1.165, 1.54) is 5.56 Å². The summed E-state index contributed by atoms with van der Waals surface area (Å²) in [6.45, 7) is 13.0. The highest BCUT2D eigenvalue weighted by atomic mass is 16.5. The van der Waals surface area contributed by atoms with Crippen molar-refractivity contribution >= 4 is 0 Å². The minimum Gasteiger partial charge on any atom is -0.489 e. The minimum atomic E-state index is 0.117. The molecule has 0 amide bonds. The number of ether oxygens (including phenoxy) is 1. The molecule has 0 aromatic heterocycles. The average molecular weight is 204 g/mol. The van der Waals surface area contributed by atoms with Crippen molar-refractivity contribution in [3.8, 4) is 5.75 Å². The van der Waals surface area contributed by atoms with Gasteiger partial charge < -0.3 is 4.74 Å². The van der Waals surface area contributed by atoms with Gasteiger partial charge in [0, 0.05) is 0 Å². The van der Waals surface area contributed by atoms with Gasteiger partial charge in [0.15, 0.2) is 0 Å². The van der Waals surface area contributed by atoms with Crippen LogP contribution in [0, 0.1) is 0 Å². The van der Waals surface area contributed by atoms with Crippen molar-refractivity contribution in [2.45, 2.75) is 33.1 Å². The lowest BCUT2D eigenvalue weighted by atomic mass is 9.86. The maximum atomic E-state index is 5.73. The summed E-state index contributed by atoms with van der Waals surface area (Å²) in [6.07, 6.45) is 0. The van der Waals surface area contributed by atoms with Gasteiger partial charge in [0.2, 0.25) is 0 Å². The summed E-state index contributed by atoms with van der Waals surface area (Å²) >= 11 is 0. The lowest BCUT2D eigenvalue weighted by Gasteiger charge is -2.22. The van der Waals surface area contributed by atoms with Gasteiger partial charge in [0.1, 0.15) is 12.4 Å². The maximum Gasteiger partial charge on any atom is 0.123 e. The molecule has 1 heteroatoms. The molecule has 0 aliphatic carbocycles. The van der Waals surface area contributed by atoms with Crippen LogP contribution < -0.4 is 4.74 Å². The summed E-state index contributed by atoms with van der Waals surface area (Å²) in [4.78, 5) is 0. The van der Waals surface area contributed by atoms with E-state index in [0.29, 0.717) is 6.61 Å². The van der Waals surface area contributed by atoms with Crippen LogP contribution in [0.4, 0.5) is 0 Å². The predicted molar refractivity (Wildman–Crippen MR) is 65.5 cm³/mol. The molecule has 0 atom stereocenters. The van der Waals surface area contributed by atoms with Gasteiger partial charge in [-0.2, -0.15) is 0 Å². The summed E-state index contributed by atoms with van der Waals surface area (Å²) in [6, 6.07) is 8.19. The van der Waals surface area contributed by atoms with E-state index >= 15 is 0 Å². The summed E-state index contributed by atoms with van der Waals surface area (Å²) in [5.74, 6) is 0.966. The quantitative estimate of drug-likeness (QED) is 0.678.